The first-order valence-corrected chi connectivity index (χ1v) is 15.7. The maximum atomic E-state index is 12.0. The van der Waals surface area contributed by atoms with Crippen molar-refractivity contribution in [3.05, 3.63) is 60.2 Å². The summed E-state index contributed by atoms with van der Waals surface area (Å²) in [6.45, 7) is 7.47. The number of carboxylic acids is 1. The molecule has 0 aromatic heterocycles. The highest BCUT2D eigenvalue weighted by molar-refractivity contribution is 5.66. The Bertz CT molecular complexity index is 1170. The fraction of sp³-hybridized carbons (Fsp3) is 0.639. The number of aliphatic hydroxyl groups is 1. The SMILES string of the molecule is C[C@H](CCC(=O)O)[C@H]1CC[C@H]2[C@@H]3CC[C@@H]4C[C@](O)(c5ccc(-c6ccccc6)cc5)CC[C@]4(C)[C@H]3CC[C@]12C. The molecule has 0 saturated heterocycles. The van der Waals surface area contributed by atoms with E-state index >= 15 is 0 Å². The molecule has 2 aromatic carbocycles. The quantitative estimate of drug-likeness (QED) is 0.394. The van der Waals surface area contributed by atoms with Crippen molar-refractivity contribution in [2.75, 3.05) is 0 Å². The number of carbonyl (C=O) groups is 1. The van der Waals surface area contributed by atoms with Gasteiger partial charge in [0.2, 0.25) is 0 Å². The number of hydrogen-bond donors (Lipinski definition) is 2. The number of rotatable bonds is 6. The van der Waals surface area contributed by atoms with Crippen LogP contribution in [0.3, 0.4) is 0 Å². The van der Waals surface area contributed by atoms with Crippen molar-refractivity contribution in [2.24, 2.45) is 46.3 Å². The second-order valence-corrected chi connectivity index (χ2v) is 14.5. The second kappa shape index (κ2) is 10.1. The van der Waals surface area contributed by atoms with E-state index in [2.05, 4.69) is 75.4 Å². The van der Waals surface area contributed by atoms with E-state index in [0.717, 1.165) is 49.0 Å². The molecule has 210 valence electrons. The van der Waals surface area contributed by atoms with Gasteiger partial charge in [-0.1, -0.05) is 75.4 Å². The van der Waals surface area contributed by atoms with E-state index < -0.39 is 11.6 Å². The maximum absolute atomic E-state index is 12.0. The maximum Gasteiger partial charge on any atom is 0.303 e. The van der Waals surface area contributed by atoms with Gasteiger partial charge in [0.05, 0.1) is 5.60 Å². The normalized spacial score (nSPS) is 40.3. The molecule has 4 aliphatic rings. The predicted octanol–water partition coefficient (Wildman–Crippen LogP) is 8.70. The molecule has 39 heavy (non-hydrogen) atoms. The molecular weight excluding hydrogens is 480 g/mol. The molecule has 4 aliphatic carbocycles. The third-order valence-electron chi connectivity index (χ3n) is 12.8. The first-order valence-electron chi connectivity index (χ1n) is 15.7. The minimum atomic E-state index is -0.715. The van der Waals surface area contributed by atoms with Crippen LogP contribution in [0.25, 0.3) is 11.1 Å². The van der Waals surface area contributed by atoms with Crippen LogP contribution in [0.2, 0.25) is 0 Å². The largest absolute Gasteiger partial charge is 0.481 e. The lowest BCUT2D eigenvalue weighted by atomic mass is 9.43. The molecule has 0 radical (unpaired) electrons. The van der Waals surface area contributed by atoms with Crippen LogP contribution in [0.4, 0.5) is 0 Å². The molecule has 2 aromatic rings. The number of benzene rings is 2. The van der Waals surface area contributed by atoms with Gasteiger partial charge in [0, 0.05) is 6.42 Å². The Kier molecular flexibility index (Phi) is 6.97. The third kappa shape index (κ3) is 4.57. The number of fused-ring (bicyclic) bond motifs is 5. The fourth-order valence-corrected chi connectivity index (χ4v) is 10.6. The zero-order chi connectivity index (χ0) is 27.4. The summed E-state index contributed by atoms with van der Waals surface area (Å²) in [4.78, 5) is 11.2. The van der Waals surface area contributed by atoms with Gasteiger partial charge < -0.3 is 10.2 Å². The van der Waals surface area contributed by atoms with Crippen LogP contribution in [-0.4, -0.2) is 16.2 Å². The molecule has 9 atom stereocenters. The van der Waals surface area contributed by atoms with Crippen molar-refractivity contribution >= 4 is 5.97 Å². The van der Waals surface area contributed by atoms with E-state index in [1.165, 1.54) is 49.7 Å². The van der Waals surface area contributed by atoms with Crippen LogP contribution in [0, 0.1) is 46.3 Å². The van der Waals surface area contributed by atoms with Crippen LogP contribution >= 0.6 is 0 Å². The molecule has 0 heterocycles. The van der Waals surface area contributed by atoms with Crippen molar-refractivity contribution in [3.8, 4) is 11.1 Å². The van der Waals surface area contributed by atoms with Crippen LogP contribution in [0.1, 0.15) is 97.0 Å². The lowest BCUT2D eigenvalue weighted by Crippen LogP contribution is -2.55. The molecule has 4 fully saturated rings. The van der Waals surface area contributed by atoms with Gasteiger partial charge in [-0.2, -0.15) is 0 Å². The highest BCUT2D eigenvalue weighted by Crippen LogP contribution is 2.69. The summed E-state index contributed by atoms with van der Waals surface area (Å²) in [7, 11) is 0. The molecule has 0 bridgehead atoms. The van der Waals surface area contributed by atoms with Gasteiger partial charge in [0.25, 0.3) is 0 Å². The Morgan fingerprint density at radius 3 is 2.26 bits per heavy atom. The minimum Gasteiger partial charge on any atom is -0.481 e. The smallest absolute Gasteiger partial charge is 0.303 e. The molecule has 0 aliphatic heterocycles. The Morgan fingerprint density at radius 1 is 0.846 bits per heavy atom. The van der Waals surface area contributed by atoms with Crippen molar-refractivity contribution in [1.82, 2.24) is 0 Å². The van der Waals surface area contributed by atoms with E-state index in [1.54, 1.807) is 0 Å². The summed E-state index contributed by atoms with van der Waals surface area (Å²) in [6, 6.07) is 19.2. The molecule has 0 unspecified atom stereocenters. The van der Waals surface area contributed by atoms with Gasteiger partial charge in [-0.25, -0.2) is 0 Å². The molecule has 2 N–H and O–H groups in total. The van der Waals surface area contributed by atoms with Gasteiger partial charge in [-0.05, 0) is 127 Å². The van der Waals surface area contributed by atoms with E-state index in [-0.39, 0.29) is 0 Å². The molecule has 6 rings (SSSR count). The Labute approximate surface area is 235 Å². The molecular formula is C36H48O3. The van der Waals surface area contributed by atoms with Crippen LogP contribution in [0.15, 0.2) is 54.6 Å². The number of aliphatic carboxylic acids is 1. The van der Waals surface area contributed by atoms with Gasteiger partial charge in [-0.15, -0.1) is 0 Å². The third-order valence-corrected chi connectivity index (χ3v) is 12.8. The number of carboxylic acid groups (broad SMARTS) is 1. The minimum absolute atomic E-state index is 0.308. The molecule has 0 amide bonds. The molecule has 3 heteroatoms. The summed E-state index contributed by atoms with van der Waals surface area (Å²) in [5, 5.41) is 21.2. The summed E-state index contributed by atoms with van der Waals surface area (Å²) >= 11 is 0. The lowest BCUT2D eigenvalue weighted by Gasteiger charge is -2.62. The highest BCUT2D eigenvalue weighted by atomic mass is 16.4. The zero-order valence-electron chi connectivity index (χ0n) is 24.2. The zero-order valence-corrected chi connectivity index (χ0v) is 24.2. The topological polar surface area (TPSA) is 57.5 Å². The van der Waals surface area contributed by atoms with Gasteiger partial charge in [-0.3, -0.25) is 4.79 Å². The predicted molar refractivity (Wildman–Crippen MR) is 157 cm³/mol. The van der Waals surface area contributed by atoms with Gasteiger partial charge >= 0.3 is 5.97 Å². The van der Waals surface area contributed by atoms with Gasteiger partial charge in [0.15, 0.2) is 0 Å². The average molecular weight is 529 g/mol. The van der Waals surface area contributed by atoms with Crippen LogP contribution in [0.5, 0.6) is 0 Å². The van der Waals surface area contributed by atoms with Crippen LogP contribution < -0.4 is 0 Å². The monoisotopic (exact) mass is 528 g/mol. The first-order chi connectivity index (χ1) is 18.6. The van der Waals surface area contributed by atoms with E-state index in [0.29, 0.717) is 35.0 Å². The average Bonchev–Trinajstić information content (AvgIpc) is 3.30. The first kappa shape index (κ1) is 27.1. The van der Waals surface area contributed by atoms with Crippen molar-refractivity contribution in [2.45, 2.75) is 97.0 Å². The van der Waals surface area contributed by atoms with Crippen molar-refractivity contribution in [1.29, 1.82) is 0 Å². The second-order valence-electron chi connectivity index (χ2n) is 14.5. The van der Waals surface area contributed by atoms with E-state index in [4.69, 9.17) is 0 Å². The van der Waals surface area contributed by atoms with Crippen molar-refractivity contribution in [3.63, 3.8) is 0 Å². The summed E-state index contributed by atoms with van der Waals surface area (Å²) < 4.78 is 0. The molecule has 3 nitrogen and oxygen atoms in total. The van der Waals surface area contributed by atoms with Crippen molar-refractivity contribution < 1.29 is 15.0 Å². The lowest BCUT2D eigenvalue weighted by molar-refractivity contribution is -0.155. The van der Waals surface area contributed by atoms with E-state index in [1.807, 2.05) is 0 Å². The standard InChI is InChI=1S/C36H48O3/c1-24(9-18-33(37)38)30-16-17-31-29-15-14-28-23-36(39,22-21-34(28,2)32(29)19-20-35(30,31)3)27-12-10-26(11-13-27)25-7-5-4-6-8-25/h4-8,10-13,24,28-32,39H,9,14-23H2,1-3H3,(H,37,38)/t24-,28-,29+,30-,31+,32+,34+,35-,36+/m1/s1. The summed E-state index contributed by atoms with van der Waals surface area (Å²) in [6.07, 6.45) is 11.8. The number of hydrogen-bond acceptors (Lipinski definition) is 2. The van der Waals surface area contributed by atoms with Gasteiger partial charge in [0.1, 0.15) is 0 Å². The summed E-state index contributed by atoms with van der Waals surface area (Å²) in [5.41, 5.74) is 3.51. The van der Waals surface area contributed by atoms with Crippen LogP contribution in [-0.2, 0) is 10.4 Å². The Balaban J connectivity index is 1.16. The highest BCUT2D eigenvalue weighted by Gasteiger charge is 2.61. The Hall–Kier alpha value is -2.13. The Morgan fingerprint density at radius 2 is 1.54 bits per heavy atom. The fourth-order valence-electron chi connectivity index (χ4n) is 10.6. The van der Waals surface area contributed by atoms with E-state index in [9.17, 15) is 15.0 Å². The molecule has 0 spiro atoms. The molecule has 4 saturated carbocycles. The summed E-state index contributed by atoms with van der Waals surface area (Å²) in [5.74, 6) is 3.47.